The number of aromatic nitrogens is 3. The number of hydrogen-bond donors (Lipinski definition) is 1. The zero-order valence-electron chi connectivity index (χ0n) is 30.2. The van der Waals surface area contributed by atoms with Gasteiger partial charge in [-0.05, 0) is 57.5 Å². The van der Waals surface area contributed by atoms with Crippen LogP contribution < -0.4 is 4.74 Å². The monoisotopic (exact) mass is 883 g/mol. The van der Waals surface area contributed by atoms with Gasteiger partial charge in [0.1, 0.15) is 11.6 Å². The summed E-state index contributed by atoms with van der Waals surface area (Å²) in [6.07, 6.45) is 1.76. The van der Waals surface area contributed by atoms with Gasteiger partial charge in [0, 0.05) is 56.0 Å². The van der Waals surface area contributed by atoms with E-state index in [1.165, 1.54) is 0 Å². The van der Waals surface area contributed by atoms with E-state index in [0.717, 1.165) is 50.3 Å². The quantitative estimate of drug-likeness (QED) is 0.154. The Labute approximate surface area is 330 Å². The molecule has 0 aliphatic heterocycles. The molecule has 2 aromatic heterocycles. The molecule has 2 heterocycles. The molecule has 0 aliphatic carbocycles. The summed E-state index contributed by atoms with van der Waals surface area (Å²) in [4.78, 5) is 9.94. The molecule has 0 amide bonds. The zero-order valence-corrected chi connectivity index (χ0v) is 32.5. The zero-order chi connectivity index (χ0) is 36.4. The molecule has 268 valence electrons. The molecule has 0 unspecified atom stereocenters. The van der Waals surface area contributed by atoms with Crippen molar-refractivity contribution in [3.05, 3.63) is 182 Å². The number of rotatable bonds is 8. The number of para-hydroxylation sites is 1. The molecular weight excluding hydrogens is 846 g/mol. The molecule has 0 aliphatic rings. The summed E-state index contributed by atoms with van der Waals surface area (Å²) in [5, 5.41) is 11.6. The fourth-order valence-corrected chi connectivity index (χ4v) is 6.63. The van der Waals surface area contributed by atoms with Gasteiger partial charge < -0.3 is 14.4 Å². The van der Waals surface area contributed by atoms with Gasteiger partial charge in [0.2, 0.25) is 5.88 Å². The van der Waals surface area contributed by atoms with Crippen LogP contribution in [0, 0.1) is 6.07 Å². The van der Waals surface area contributed by atoms with Crippen molar-refractivity contribution < 1.29 is 30.9 Å². The van der Waals surface area contributed by atoms with Gasteiger partial charge in [-0.25, -0.2) is 4.98 Å². The molecule has 5 nitrogen and oxygen atoms in total. The van der Waals surface area contributed by atoms with Crippen LogP contribution in [0.5, 0.6) is 17.4 Å². The van der Waals surface area contributed by atoms with E-state index in [0.29, 0.717) is 28.7 Å². The molecule has 0 fully saturated rings. The number of phenols is 1. The Hall–Kier alpha value is -6.03. The molecule has 0 spiro atoms. The minimum atomic E-state index is -0.155. The first-order chi connectivity index (χ1) is 25.8. The summed E-state index contributed by atoms with van der Waals surface area (Å²) in [5.74, 6) is 1.74. The number of nitrogens with zero attached hydrogens (tertiary/aromatic N) is 3. The molecule has 6 aromatic carbocycles. The standard InChI is InChI=1S/C48H38N3O2.Pt/c1-48(2,3)38-26-27-43(52)41(32-38)47-50-45(37-22-15-23-39(30-37)53-44-31-36(28-29-49-44)33-16-7-4-8-17-33)46(35-20-11-6-12-21-35)51(47)42-25-14-13-24-40(42)34-18-9-5-10-19-34;/h4-29,31-32,52H,1-3H3;/q-1;. The Bertz CT molecular complexity index is 2520. The number of aromatic hydroxyl groups is 1. The maximum absolute atomic E-state index is 11.6. The number of benzene rings is 6. The second kappa shape index (κ2) is 15.5. The van der Waals surface area contributed by atoms with E-state index in [4.69, 9.17) is 9.72 Å². The topological polar surface area (TPSA) is 60.2 Å². The van der Waals surface area contributed by atoms with Crippen LogP contribution in [0.4, 0.5) is 0 Å². The smallest absolute Gasteiger partial charge is 0.217 e. The molecule has 1 N–H and O–H groups in total. The fraction of sp³-hybridized carbons (Fsp3) is 0.0833. The number of phenolic OH excluding ortho intramolecular Hbond substituents is 1. The third-order valence-corrected chi connectivity index (χ3v) is 9.34. The van der Waals surface area contributed by atoms with E-state index >= 15 is 0 Å². The van der Waals surface area contributed by atoms with Crippen molar-refractivity contribution >= 4 is 0 Å². The molecule has 8 aromatic rings. The Morgan fingerprint density at radius 1 is 0.611 bits per heavy atom. The molecular formula is C48H38N3O2Pt-. The maximum Gasteiger partial charge on any atom is 0.217 e. The van der Waals surface area contributed by atoms with Crippen molar-refractivity contribution in [2.75, 3.05) is 0 Å². The molecule has 0 radical (unpaired) electrons. The first-order valence-corrected chi connectivity index (χ1v) is 17.7. The van der Waals surface area contributed by atoms with E-state index in [-0.39, 0.29) is 32.2 Å². The Balaban J connectivity index is 0.00000450. The van der Waals surface area contributed by atoms with E-state index in [2.05, 4.69) is 97.1 Å². The molecule has 6 heteroatoms. The van der Waals surface area contributed by atoms with Gasteiger partial charge >= 0.3 is 0 Å². The van der Waals surface area contributed by atoms with Crippen molar-refractivity contribution in [1.29, 1.82) is 0 Å². The molecule has 0 atom stereocenters. The van der Waals surface area contributed by atoms with Gasteiger partial charge in [-0.1, -0.05) is 142 Å². The van der Waals surface area contributed by atoms with Gasteiger partial charge in [0.25, 0.3) is 0 Å². The van der Waals surface area contributed by atoms with E-state index in [1.54, 1.807) is 12.3 Å². The number of pyridine rings is 1. The van der Waals surface area contributed by atoms with Crippen LogP contribution in [0.3, 0.4) is 0 Å². The van der Waals surface area contributed by atoms with Crippen LogP contribution in [0.15, 0.2) is 170 Å². The first kappa shape index (κ1) is 36.3. The number of hydrogen-bond acceptors (Lipinski definition) is 4. The van der Waals surface area contributed by atoms with E-state index in [1.807, 2.05) is 97.1 Å². The van der Waals surface area contributed by atoms with Crippen molar-refractivity contribution in [3.63, 3.8) is 0 Å². The van der Waals surface area contributed by atoms with Crippen LogP contribution in [-0.2, 0) is 26.5 Å². The van der Waals surface area contributed by atoms with Crippen LogP contribution in [0.25, 0.3) is 61.8 Å². The van der Waals surface area contributed by atoms with Gasteiger partial charge in [-0.2, -0.15) is 0 Å². The summed E-state index contributed by atoms with van der Waals surface area (Å²) in [6, 6.07) is 58.2. The predicted octanol–water partition coefficient (Wildman–Crippen LogP) is 12.2. The van der Waals surface area contributed by atoms with Crippen molar-refractivity contribution in [2.45, 2.75) is 26.2 Å². The summed E-state index contributed by atoms with van der Waals surface area (Å²) in [5.41, 5.74) is 9.97. The number of ether oxygens (including phenoxy) is 1. The van der Waals surface area contributed by atoms with Crippen molar-refractivity contribution in [3.8, 4) is 79.2 Å². The van der Waals surface area contributed by atoms with Crippen molar-refractivity contribution in [1.82, 2.24) is 14.5 Å². The molecule has 0 saturated carbocycles. The Morgan fingerprint density at radius 2 is 1.26 bits per heavy atom. The Morgan fingerprint density at radius 3 is 1.96 bits per heavy atom. The van der Waals surface area contributed by atoms with Gasteiger partial charge in [0.05, 0.1) is 11.3 Å². The van der Waals surface area contributed by atoms with E-state index in [9.17, 15) is 5.11 Å². The largest absolute Gasteiger partial charge is 0.507 e. The average molecular weight is 884 g/mol. The van der Waals surface area contributed by atoms with Gasteiger partial charge in [-0.15, -0.1) is 23.8 Å². The summed E-state index contributed by atoms with van der Waals surface area (Å²) in [6.45, 7) is 6.52. The third kappa shape index (κ3) is 7.41. The SMILES string of the molecule is CC(C)(C)c1ccc(O)c(-c2nc(-c3[c-]c(Oc4cc(-c5ccccc5)ccn4)ccc3)c(-c3ccccc3)n2-c2ccccc2-c2ccccc2)c1.[Pt]. The number of imidazole rings is 1. The third-order valence-electron chi connectivity index (χ3n) is 9.34. The Kier molecular flexibility index (Phi) is 10.4. The normalized spacial score (nSPS) is 11.2. The predicted molar refractivity (Wildman–Crippen MR) is 214 cm³/mol. The first-order valence-electron chi connectivity index (χ1n) is 17.7. The fourth-order valence-electron chi connectivity index (χ4n) is 6.63. The van der Waals surface area contributed by atoms with Crippen molar-refractivity contribution in [2.24, 2.45) is 0 Å². The second-order valence-electron chi connectivity index (χ2n) is 14.0. The average Bonchev–Trinajstić information content (AvgIpc) is 3.59. The summed E-state index contributed by atoms with van der Waals surface area (Å²) in [7, 11) is 0. The van der Waals surface area contributed by atoms with Crippen LogP contribution in [-0.4, -0.2) is 19.6 Å². The van der Waals surface area contributed by atoms with Crippen LogP contribution in [0.1, 0.15) is 26.3 Å². The molecule has 8 rings (SSSR count). The summed E-state index contributed by atoms with van der Waals surface area (Å²) < 4.78 is 8.54. The van der Waals surface area contributed by atoms with Crippen LogP contribution >= 0.6 is 0 Å². The second-order valence-corrected chi connectivity index (χ2v) is 14.0. The maximum atomic E-state index is 11.6. The molecule has 54 heavy (non-hydrogen) atoms. The minimum absolute atomic E-state index is 0. The van der Waals surface area contributed by atoms with Gasteiger partial charge in [-0.3, -0.25) is 4.98 Å². The van der Waals surface area contributed by atoms with E-state index < -0.39 is 0 Å². The van der Waals surface area contributed by atoms with Crippen LogP contribution in [0.2, 0.25) is 0 Å². The minimum Gasteiger partial charge on any atom is -0.507 e. The summed E-state index contributed by atoms with van der Waals surface area (Å²) >= 11 is 0. The van der Waals surface area contributed by atoms with Gasteiger partial charge in [0.15, 0.2) is 0 Å². The molecule has 0 bridgehead atoms. The molecule has 0 saturated heterocycles.